The normalized spacial score (nSPS) is 41.3. The lowest BCUT2D eigenvalue weighted by Crippen LogP contribution is -2.64. The third kappa shape index (κ3) is 6.89. The van der Waals surface area contributed by atoms with Gasteiger partial charge in [-0.1, -0.05) is 18.9 Å². The van der Waals surface area contributed by atoms with E-state index < -0.39 is 74.6 Å². The number of aliphatic hydroxyl groups excluding tert-OH is 7. The predicted octanol–water partition coefficient (Wildman–Crippen LogP) is -2.24. The van der Waals surface area contributed by atoms with Crippen LogP contribution in [0, 0.1) is 0 Å². The van der Waals surface area contributed by atoms with E-state index in [9.17, 15) is 35.7 Å². The summed E-state index contributed by atoms with van der Waals surface area (Å²) in [6, 6.07) is 0. The van der Waals surface area contributed by atoms with E-state index in [-0.39, 0.29) is 0 Å². The molecule has 2 saturated heterocycles. The molecule has 2 fully saturated rings. The van der Waals surface area contributed by atoms with E-state index in [1.54, 1.807) is 0 Å². The van der Waals surface area contributed by atoms with Gasteiger partial charge >= 0.3 is 0 Å². The molecule has 2 heterocycles. The number of hydrogen-bond donors (Lipinski definition) is 7. The van der Waals surface area contributed by atoms with Crippen molar-refractivity contribution in [2.75, 3.05) is 19.8 Å². The van der Waals surface area contributed by atoms with Crippen molar-refractivity contribution in [3.8, 4) is 0 Å². The van der Waals surface area contributed by atoms with Crippen LogP contribution >= 0.6 is 0 Å². The van der Waals surface area contributed by atoms with Crippen LogP contribution in [-0.4, -0.2) is 117 Å². The van der Waals surface area contributed by atoms with Crippen LogP contribution in [0.1, 0.15) is 32.1 Å². The van der Waals surface area contributed by atoms with Crippen LogP contribution in [0.4, 0.5) is 0 Å². The molecule has 0 amide bonds. The van der Waals surface area contributed by atoms with Gasteiger partial charge < -0.3 is 54.7 Å². The Kier molecular flexibility index (Phi) is 11.2. The maximum atomic E-state index is 10.5. The first-order valence-corrected chi connectivity index (χ1v) is 10.7. The molecule has 0 aromatic rings. The summed E-state index contributed by atoms with van der Waals surface area (Å²) in [6.07, 6.45) is -7.87. The molecule has 0 saturated carbocycles. The van der Waals surface area contributed by atoms with Crippen molar-refractivity contribution in [1.82, 2.24) is 0 Å². The predicted molar refractivity (Wildman–Crippen MR) is 106 cm³/mol. The lowest BCUT2D eigenvalue weighted by molar-refractivity contribution is -0.359. The van der Waals surface area contributed by atoms with Gasteiger partial charge in [0, 0.05) is 6.61 Å². The summed E-state index contributed by atoms with van der Waals surface area (Å²) in [4.78, 5) is 0. The smallest absolute Gasteiger partial charge is 0.187 e. The van der Waals surface area contributed by atoms with Gasteiger partial charge in [0.2, 0.25) is 0 Å². The summed E-state index contributed by atoms with van der Waals surface area (Å²) in [5, 5.41) is 69.7. The Labute approximate surface area is 181 Å². The second-order valence-electron chi connectivity index (χ2n) is 7.87. The maximum Gasteiger partial charge on any atom is 0.187 e. The molecule has 0 aromatic carbocycles. The van der Waals surface area contributed by atoms with Crippen LogP contribution in [0.25, 0.3) is 0 Å². The summed E-state index contributed by atoms with van der Waals surface area (Å²) in [6.45, 7) is 2.72. The van der Waals surface area contributed by atoms with Crippen LogP contribution in [0.15, 0.2) is 12.7 Å². The van der Waals surface area contributed by atoms with E-state index in [0.717, 1.165) is 32.1 Å². The Morgan fingerprint density at radius 1 is 0.710 bits per heavy atom. The molecule has 2 rings (SSSR count). The van der Waals surface area contributed by atoms with Gasteiger partial charge in [-0.2, -0.15) is 0 Å². The third-order valence-electron chi connectivity index (χ3n) is 5.55. The van der Waals surface area contributed by atoms with Crippen molar-refractivity contribution < 1.29 is 54.7 Å². The molecule has 182 valence electrons. The van der Waals surface area contributed by atoms with E-state index in [4.69, 9.17) is 18.9 Å². The second kappa shape index (κ2) is 13.1. The number of unbranched alkanes of at least 4 members (excludes halogenated alkanes) is 4. The number of ether oxygens (including phenoxy) is 4. The highest BCUT2D eigenvalue weighted by atomic mass is 16.7. The van der Waals surface area contributed by atoms with Gasteiger partial charge in [-0.05, 0) is 19.3 Å². The first-order chi connectivity index (χ1) is 14.8. The molecule has 0 bridgehead atoms. The Morgan fingerprint density at radius 3 is 1.97 bits per heavy atom. The molecule has 10 atom stereocenters. The van der Waals surface area contributed by atoms with Crippen LogP contribution < -0.4 is 0 Å². The zero-order valence-corrected chi connectivity index (χ0v) is 17.5. The molecule has 0 aromatic heterocycles. The third-order valence-corrected chi connectivity index (χ3v) is 5.55. The highest BCUT2D eigenvalue weighted by Crippen LogP contribution is 2.29. The standard InChI is InChI=1S/C20H36O11/c1-2-3-4-5-6-7-8-28-19-17(27)15(25)18(12(10-22)30-19)31-20-16(26)14(24)13(23)11(9-21)29-20/h2,11-27H,1,3-10H2/t11?,12?,13-,14?,15?,16?,17?,18+,19+,20-/m0/s1. The van der Waals surface area contributed by atoms with Crippen molar-refractivity contribution in [2.45, 2.75) is 93.5 Å². The lowest BCUT2D eigenvalue weighted by atomic mass is 9.97. The van der Waals surface area contributed by atoms with Crippen molar-refractivity contribution >= 4 is 0 Å². The monoisotopic (exact) mass is 452 g/mol. The molecule has 11 nitrogen and oxygen atoms in total. The molecule has 2 aliphatic heterocycles. The van der Waals surface area contributed by atoms with E-state index in [2.05, 4.69) is 6.58 Å². The van der Waals surface area contributed by atoms with Crippen molar-refractivity contribution in [1.29, 1.82) is 0 Å². The van der Waals surface area contributed by atoms with E-state index >= 15 is 0 Å². The molecule has 11 heteroatoms. The number of aliphatic hydroxyl groups is 7. The molecule has 6 unspecified atom stereocenters. The Bertz CT molecular complexity index is 517. The molecule has 2 aliphatic rings. The SMILES string of the molecule is C=CCCCCCCO[C@@H]1OC(CO)[C@@H](O[C@@H]2OC(CO)[C@H](O)C(O)C2O)C(O)C1O. The molecule has 0 aliphatic carbocycles. The Hall–Kier alpha value is -0.700. The summed E-state index contributed by atoms with van der Waals surface area (Å²) >= 11 is 0. The summed E-state index contributed by atoms with van der Waals surface area (Å²) in [7, 11) is 0. The van der Waals surface area contributed by atoms with Gasteiger partial charge in [0.1, 0.15) is 48.8 Å². The van der Waals surface area contributed by atoms with Crippen LogP contribution in [0.2, 0.25) is 0 Å². The molecule has 7 N–H and O–H groups in total. The zero-order valence-electron chi connectivity index (χ0n) is 17.5. The zero-order chi connectivity index (χ0) is 23.0. The lowest BCUT2D eigenvalue weighted by Gasteiger charge is -2.45. The summed E-state index contributed by atoms with van der Waals surface area (Å²) in [5.74, 6) is 0. The first kappa shape index (κ1) is 26.6. The number of rotatable bonds is 12. The highest BCUT2D eigenvalue weighted by molar-refractivity contribution is 4.94. The molecule has 31 heavy (non-hydrogen) atoms. The van der Waals surface area contributed by atoms with Gasteiger partial charge in [-0.15, -0.1) is 6.58 Å². The topological polar surface area (TPSA) is 179 Å². The van der Waals surface area contributed by atoms with Gasteiger partial charge in [-0.25, -0.2) is 0 Å². The Morgan fingerprint density at radius 2 is 1.32 bits per heavy atom. The summed E-state index contributed by atoms with van der Waals surface area (Å²) in [5.41, 5.74) is 0. The fourth-order valence-corrected chi connectivity index (χ4v) is 3.64. The van der Waals surface area contributed by atoms with Gasteiger partial charge in [0.25, 0.3) is 0 Å². The minimum absolute atomic E-state index is 0.291. The number of hydrogen-bond acceptors (Lipinski definition) is 11. The molecular formula is C20H36O11. The van der Waals surface area contributed by atoms with E-state index in [1.807, 2.05) is 6.08 Å². The minimum atomic E-state index is -1.70. The largest absolute Gasteiger partial charge is 0.394 e. The Balaban J connectivity index is 1.90. The molecule has 0 radical (unpaired) electrons. The van der Waals surface area contributed by atoms with Gasteiger partial charge in [-0.3, -0.25) is 0 Å². The fourth-order valence-electron chi connectivity index (χ4n) is 3.64. The minimum Gasteiger partial charge on any atom is -0.394 e. The van der Waals surface area contributed by atoms with Crippen molar-refractivity contribution in [2.24, 2.45) is 0 Å². The maximum absolute atomic E-state index is 10.5. The van der Waals surface area contributed by atoms with Gasteiger partial charge in [0.05, 0.1) is 13.2 Å². The van der Waals surface area contributed by atoms with Crippen LogP contribution in [0.3, 0.4) is 0 Å². The van der Waals surface area contributed by atoms with Crippen LogP contribution in [-0.2, 0) is 18.9 Å². The second-order valence-corrected chi connectivity index (χ2v) is 7.87. The first-order valence-electron chi connectivity index (χ1n) is 10.7. The average Bonchev–Trinajstić information content (AvgIpc) is 2.77. The van der Waals surface area contributed by atoms with Crippen molar-refractivity contribution in [3.05, 3.63) is 12.7 Å². The van der Waals surface area contributed by atoms with Gasteiger partial charge in [0.15, 0.2) is 12.6 Å². The van der Waals surface area contributed by atoms with Crippen LogP contribution in [0.5, 0.6) is 0 Å². The van der Waals surface area contributed by atoms with Crippen molar-refractivity contribution in [3.63, 3.8) is 0 Å². The average molecular weight is 452 g/mol. The fraction of sp³-hybridized carbons (Fsp3) is 0.900. The quantitative estimate of drug-likeness (QED) is 0.126. The van der Waals surface area contributed by atoms with E-state index in [0.29, 0.717) is 6.61 Å². The molecular weight excluding hydrogens is 416 g/mol. The summed E-state index contributed by atoms with van der Waals surface area (Å²) < 4.78 is 21.8. The number of allylic oxidation sites excluding steroid dienone is 1. The van der Waals surface area contributed by atoms with E-state index in [1.165, 1.54) is 0 Å². The molecule has 0 spiro atoms. The highest BCUT2D eigenvalue weighted by Gasteiger charge is 2.50.